The van der Waals surface area contributed by atoms with Crippen LogP contribution in [0.25, 0.3) is 0 Å². The van der Waals surface area contributed by atoms with Gasteiger partial charge in [0.05, 0.1) is 12.2 Å². The summed E-state index contributed by atoms with van der Waals surface area (Å²) in [6.45, 7) is 17.3. The third-order valence-corrected chi connectivity index (χ3v) is 5.64. The van der Waals surface area contributed by atoms with E-state index in [0.29, 0.717) is 12.0 Å². The molecular formula is C19H38NO2. The second kappa shape index (κ2) is 7.63. The fraction of sp³-hybridized carbons (Fsp3) is 1.00. The summed E-state index contributed by atoms with van der Waals surface area (Å²) in [4.78, 5) is 0. The second-order valence-corrected chi connectivity index (χ2v) is 8.71. The monoisotopic (exact) mass is 312 g/mol. The van der Waals surface area contributed by atoms with Crippen LogP contribution in [-0.4, -0.2) is 28.3 Å². The summed E-state index contributed by atoms with van der Waals surface area (Å²) in [5.74, 6) is 1.43. The SMILES string of the molecule is CCC(CC(C)C(C)CC)OC1CC(C)(C)N([O])C(C)(C)C1. The molecule has 131 valence electrons. The minimum absolute atomic E-state index is 0.198. The van der Waals surface area contributed by atoms with Gasteiger partial charge in [-0.3, -0.25) is 0 Å². The van der Waals surface area contributed by atoms with Crippen LogP contribution in [0.4, 0.5) is 0 Å². The highest BCUT2D eigenvalue weighted by Gasteiger charge is 2.47. The van der Waals surface area contributed by atoms with E-state index in [4.69, 9.17) is 4.74 Å². The highest BCUT2D eigenvalue weighted by molar-refractivity contribution is 4.96. The van der Waals surface area contributed by atoms with E-state index in [0.717, 1.165) is 31.6 Å². The molecule has 0 amide bonds. The zero-order chi connectivity index (χ0) is 17.1. The predicted molar refractivity (Wildman–Crippen MR) is 92.1 cm³/mol. The van der Waals surface area contributed by atoms with Crippen molar-refractivity contribution >= 4 is 0 Å². The van der Waals surface area contributed by atoms with Crippen molar-refractivity contribution in [2.24, 2.45) is 11.8 Å². The number of rotatable bonds is 7. The molecule has 0 N–H and O–H groups in total. The standard InChI is InChI=1S/C19H38NO2/c1-9-14(3)15(4)11-16(10-2)22-17-12-18(5,6)20(21)19(7,8)13-17/h14-17H,9-13H2,1-8H3. The van der Waals surface area contributed by atoms with Gasteiger partial charge in [0.1, 0.15) is 0 Å². The van der Waals surface area contributed by atoms with Gasteiger partial charge in [0.15, 0.2) is 0 Å². The van der Waals surface area contributed by atoms with Crippen molar-refractivity contribution in [2.75, 3.05) is 0 Å². The average Bonchev–Trinajstić information content (AvgIpc) is 2.42. The Morgan fingerprint density at radius 3 is 1.91 bits per heavy atom. The molecule has 0 spiro atoms. The molecular weight excluding hydrogens is 274 g/mol. The van der Waals surface area contributed by atoms with Crippen LogP contribution in [0.1, 0.15) is 87.5 Å². The van der Waals surface area contributed by atoms with Gasteiger partial charge < -0.3 is 4.74 Å². The molecule has 1 aliphatic rings. The summed E-state index contributed by atoms with van der Waals surface area (Å²) in [6, 6.07) is 0. The van der Waals surface area contributed by atoms with Crippen LogP contribution in [0.5, 0.6) is 0 Å². The van der Waals surface area contributed by atoms with Crippen molar-refractivity contribution in [1.82, 2.24) is 5.06 Å². The number of ether oxygens (including phenoxy) is 1. The highest BCUT2D eigenvalue weighted by Crippen LogP contribution is 2.39. The van der Waals surface area contributed by atoms with Gasteiger partial charge in [-0.1, -0.05) is 34.1 Å². The van der Waals surface area contributed by atoms with Gasteiger partial charge in [0, 0.05) is 11.1 Å². The summed E-state index contributed by atoms with van der Waals surface area (Å²) in [5.41, 5.74) is -0.680. The number of nitrogens with zero attached hydrogens (tertiary/aromatic N) is 1. The van der Waals surface area contributed by atoms with Gasteiger partial charge in [0.2, 0.25) is 0 Å². The quantitative estimate of drug-likeness (QED) is 0.645. The van der Waals surface area contributed by atoms with Gasteiger partial charge in [-0.2, -0.15) is 0 Å². The average molecular weight is 313 g/mol. The third kappa shape index (κ3) is 4.94. The summed E-state index contributed by atoms with van der Waals surface area (Å²) in [5, 5.41) is 13.7. The first-order valence-electron chi connectivity index (χ1n) is 9.16. The third-order valence-electron chi connectivity index (χ3n) is 5.64. The minimum Gasteiger partial charge on any atom is -0.375 e. The lowest BCUT2D eigenvalue weighted by molar-refractivity contribution is -0.303. The van der Waals surface area contributed by atoms with E-state index in [1.807, 2.05) is 27.7 Å². The van der Waals surface area contributed by atoms with Crippen LogP contribution in [0.2, 0.25) is 0 Å². The number of hydroxylamine groups is 2. The molecule has 0 aliphatic carbocycles. The first-order valence-corrected chi connectivity index (χ1v) is 9.16. The topological polar surface area (TPSA) is 32.4 Å². The molecule has 1 rings (SSSR count). The van der Waals surface area contributed by atoms with Gasteiger partial charge >= 0.3 is 0 Å². The number of piperidine rings is 1. The molecule has 3 unspecified atom stereocenters. The van der Waals surface area contributed by atoms with Crippen LogP contribution < -0.4 is 0 Å². The van der Waals surface area contributed by atoms with E-state index >= 15 is 0 Å². The molecule has 1 aliphatic heterocycles. The normalized spacial score (nSPS) is 26.6. The minimum atomic E-state index is -0.340. The first kappa shape index (κ1) is 19.9. The van der Waals surface area contributed by atoms with E-state index in [-0.39, 0.29) is 17.2 Å². The summed E-state index contributed by atoms with van der Waals surface area (Å²) >= 11 is 0. The first-order chi connectivity index (χ1) is 10.0. The van der Waals surface area contributed by atoms with Crippen LogP contribution in [-0.2, 0) is 9.94 Å². The van der Waals surface area contributed by atoms with Crippen molar-refractivity contribution < 1.29 is 9.94 Å². The molecule has 0 saturated carbocycles. The predicted octanol–water partition coefficient (Wildman–Crippen LogP) is 5.22. The molecule has 1 fully saturated rings. The van der Waals surface area contributed by atoms with Crippen molar-refractivity contribution in [1.29, 1.82) is 0 Å². The van der Waals surface area contributed by atoms with Crippen molar-refractivity contribution in [3.8, 4) is 0 Å². The Hall–Kier alpha value is -0.120. The fourth-order valence-electron chi connectivity index (χ4n) is 3.91. The Morgan fingerprint density at radius 1 is 1.00 bits per heavy atom. The molecule has 0 bridgehead atoms. The van der Waals surface area contributed by atoms with E-state index in [1.54, 1.807) is 0 Å². The molecule has 1 saturated heterocycles. The lowest BCUT2D eigenvalue weighted by Gasteiger charge is -2.50. The molecule has 3 heteroatoms. The lowest BCUT2D eigenvalue weighted by Crippen LogP contribution is -2.60. The number of hydrogen-bond donors (Lipinski definition) is 0. The highest BCUT2D eigenvalue weighted by atomic mass is 16.5. The molecule has 22 heavy (non-hydrogen) atoms. The Bertz CT molecular complexity index is 322. The van der Waals surface area contributed by atoms with Crippen LogP contribution in [0.3, 0.4) is 0 Å². The van der Waals surface area contributed by atoms with Crippen LogP contribution >= 0.6 is 0 Å². The molecule has 3 nitrogen and oxygen atoms in total. The second-order valence-electron chi connectivity index (χ2n) is 8.71. The van der Waals surface area contributed by atoms with Gasteiger partial charge in [-0.25, -0.2) is 0 Å². The van der Waals surface area contributed by atoms with Crippen LogP contribution in [0, 0.1) is 11.8 Å². The Labute approximate surface area is 138 Å². The fourth-order valence-corrected chi connectivity index (χ4v) is 3.91. The zero-order valence-electron chi connectivity index (χ0n) is 16.1. The van der Waals surface area contributed by atoms with Gasteiger partial charge in [-0.15, -0.1) is 10.3 Å². The van der Waals surface area contributed by atoms with E-state index < -0.39 is 0 Å². The smallest absolute Gasteiger partial charge is 0.0615 e. The largest absolute Gasteiger partial charge is 0.375 e. The molecule has 0 aromatic rings. The summed E-state index contributed by atoms with van der Waals surface area (Å²) in [6.07, 6.45) is 5.58. The van der Waals surface area contributed by atoms with E-state index in [1.165, 1.54) is 11.5 Å². The van der Waals surface area contributed by atoms with Crippen LogP contribution in [0.15, 0.2) is 0 Å². The molecule has 1 radical (unpaired) electrons. The summed E-state index contributed by atoms with van der Waals surface area (Å²) in [7, 11) is 0. The van der Waals surface area contributed by atoms with Crippen molar-refractivity contribution in [2.45, 2.75) is 111 Å². The van der Waals surface area contributed by atoms with Gasteiger partial charge in [-0.05, 0) is 65.2 Å². The van der Waals surface area contributed by atoms with Crippen molar-refractivity contribution in [3.63, 3.8) is 0 Å². The Morgan fingerprint density at radius 2 is 1.50 bits per heavy atom. The lowest BCUT2D eigenvalue weighted by atomic mass is 9.80. The van der Waals surface area contributed by atoms with Crippen molar-refractivity contribution in [3.05, 3.63) is 0 Å². The molecule has 0 aromatic heterocycles. The summed E-state index contributed by atoms with van der Waals surface area (Å²) < 4.78 is 6.46. The van der Waals surface area contributed by atoms with Gasteiger partial charge in [0.25, 0.3) is 0 Å². The Balaban J connectivity index is 2.67. The zero-order valence-corrected chi connectivity index (χ0v) is 16.1. The maximum absolute atomic E-state index is 12.4. The maximum atomic E-state index is 12.4. The van der Waals surface area contributed by atoms with E-state index in [2.05, 4.69) is 27.7 Å². The molecule has 1 heterocycles. The molecule has 0 aromatic carbocycles. The van der Waals surface area contributed by atoms with E-state index in [9.17, 15) is 5.21 Å². The molecule has 3 atom stereocenters. The maximum Gasteiger partial charge on any atom is 0.0615 e. The number of hydrogen-bond acceptors (Lipinski definition) is 2. The Kier molecular flexibility index (Phi) is 6.91.